The Balaban J connectivity index is 2.96. The van der Waals surface area contributed by atoms with Crippen molar-refractivity contribution in [3.63, 3.8) is 0 Å². The summed E-state index contributed by atoms with van der Waals surface area (Å²) in [5.74, 6) is -0.785. The lowest BCUT2D eigenvalue weighted by atomic mass is 10.1. The van der Waals surface area contributed by atoms with E-state index in [1.807, 2.05) is 0 Å². The summed E-state index contributed by atoms with van der Waals surface area (Å²) in [5, 5.41) is 0. The van der Waals surface area contributed by atoms with E-state index in [1.165, 1.54) is 19.7 Å². The van der Waals surface area contributed by atoms with Crippen LogP contribution in [0.5, 0.6) is 0 Å². The van der Waals surface area contributed by atoms with Gasteiger partial charge in [0, 0.05) is 13.7 Å². The van der Waals surface area contributed by atoms with Crippen LogP contribution in [0, 0.1) is 0 Å². The predicted molar refractivity (Wildman–Crippen MR) is 69.7 cm³/mol. The number of rotatable bonds is 6. The van der Waals surface area contributed by atoms with Crippen LogP contribution in [0.2, 0.25) is 0 Å². The second-order valence-electron chi connectivity index (χ2n) is 4.27. The molecule has 0 amide bonds. The summed E-state index contributed by atoms with van der Waals surface area (Å²) in [5.41, 5.74) is 0.418. The first-order valence-corrected chi connectivity index (χ1v) is 7.66. The van der Waals surface area contributed by atoms with Crippen molar-refractivity contribution in [3.8, 4) is 0 Å². The van der Waals surface area contributed by atoms with Gasteiger partial charge in [0.25, 0.3) is 10.0 Å². The van der Waals surface area contributed by atoms with E-state index in [1.54, 1.807) is 13.8 Å². The van der Waals surface area contributed by atoms with Gasteiger partial charge in [-0.1, -0.05) is 0 Å². The monoisotopic (exact) mass is 308 g/mol. The Morgan fingerprint density at radius 1 is 1.47 bits per heavy atom. The first-order valence-electron chi connectivity index (χ1n) is 5.30. The average Bonchev–Trinajstić information content (AvgIpc) is 2.86. The molecule has 0 fully saturated rings. The van der Waals surface area contributed by atoms with Crippen molar-refractivity contribution in [1.82, 2.24) is 9.71 Å². The smallest absolute Gasteiger partial charge is 0.358 e. The summed E-state index contributed by atoms with van der Waals surface area (Å²) in [6.45, 7) is 3.55. The molecule has 0 aromatic carbocycles. The molecule has 1 aromatic rings. The van der Waals surface area contributed by atoms with Crippen LogP contribution in [0.15, 0.2) is 9.72 Å². The van der Waals surface area contributed by atoms with Crippen LogP contribution in [-0.4, -0.2) is 45.7 Å². The molecule has 9 heteroatoms. The number of aromatic nitrogens is 1. The summed E-state index contributed by atoms with van der Waals surface area (Å²) < 4.78 is 36.0. The van der Waals surface area contributed by atoms with Crippen molar-refractivity contribution in [1.29, 1.82) is 0 Å². The van der Waals surface area contributed by atoms with Crippen molar-refractivity contribution in [2.45, 2.75) is 23.7 Å². The van der Waals surface area contributed by atoms with Crippen LogP contribution >= 0.6 is 11.3 Å². The largest absolute Gasteiger partial charge is 0.464 e. The van der Waals surface area contributed by atoms with E-state index in [9.17, 15) is 13.2 Å². The number of hydrogen-bond acceptors (Lipinski definition) is 7. The number of thiazole rings is 1. The van der Waals surface area contributed by atoms with E-state index in [0.717, 1.165) is 11.3 Å². The summed E-state index contributed by atoms with van der Waals surface area (Å²) in [6, 6.07) is 0. The number of carbonyl (C=O) groups excluding carboxylic acids is 1. The quantitative estimate of drug-likeness (QED) is 0.775. The zero-order chi connectivity index (χ0) is 14.7. The minimum Gasteiger partial charge on any atom is -0.464 e. The first kappa shape index (κ1) is 16.0. The minimum atomic E-state index is -3.82. The lowest BCUT2D eigenvalue weighted by Gasteiger charge is -2.22. The maximum Gasteiger partial charge on any atom is 0.358 e. The Hall–Kier alpha value is -1.03. The molecule has 0 atom stereocenters. The molecular formula is C10H16N2O5S2. The molecule has 19 heavy (non-hydrogen) atoms. The van der Waals surface area contributed by atoms with Crippen molar-refractivity contribution < 1.29 is 22.7 Å². The second kappa shape index (κ2) is 5.95. The normalized spacial score (nSPS) is 12.4. The number of hydrogen-bond donors (Lipinski definition) is 1. The van der Waals surface area contributed by atoms with Gasteiger partial charge in [0.1, 0.15) is 0 Å². The molecule has 0 saturated heterocycles. The van der Waals surface area contributed by atoms with Gasteiger partial charge >= 0.3 is 5.97 Å². The van der Waals surface area contributed by atoms with Crippen LogP contribution in [0.1, 0.15) is 24.3 Å². The predicted octanol–water partition coefficient (Wildman–Crippen LogP) is 0.633. The molecule has 0 bridgehead atoms. The highest BCUT2D eigenvalue weighted by Crippen LogP contribution is 2.21. The van der Waals surface area contributed by atoms with Gasteiger partial charge in [-0.3, -0.25) is 0 Å². The van der Waals surface area contributed by atoms with Gasteiger partial charge in [0.15, 0.2) is 9.90 Å². The molecule has 0 radical (unpaired) electrons. The fraction of sp³-hybridized carbons (Fsp3) is 0.600. The van der Waals surface area contributed by atoms with Crippen molar-refractivity contribution >= 4 is 27.3 Å². The summed E-state index contributed by atoms with van der Waals surface area (Å²) >= 11 is 0.855. The second-order valence-corrected chi connectivity index (χ2v) is 7.09. The Morgan fingerprint density at radius 2 is 2.11 bits per heavy atom. The van der Waals surface area contributed by atoms with Gasteiger partial charge in [-0.15, -0.1) is 11.3 Å². The Labute approximate surface area is 116 Å². The summed E-state index contributed by atoms with van der Waals surface area (Å²) in [7, 11) is -1.17. The highest BCUT2D eigenvalue weighted by atomic mass is 32.2. The topological polar surface area (TPSA) is 94.6 Å². The summed E-state index contributed by atoms with van der Waals surface area (Å²) in [4.78, 5) is 15.1. The van der Waals surface area contributed by atoms with Crippen molar-refractivity contribution in [2.24, 2.45) is 0 Å². The molecule has 108 valence electrons. The maximum absolute atomic E-state index is 12.1. The molecule has 0 aliphatic rings. The van der Waals surface area contributed by atoms with Crippen LogP contribution in [-0.2, 0) is 19.5 Å². The molecule has 1 N–H and O–H groups in total. The first-order chi connectivity index (χ1) is 8.73. The Bertz CT molecular complexity index is 550. The Kier molecular flexibility index (Phi) is 5.02. The molecule has 1 aromatic heterocycles. The number of carbonyl (C=O) groups is 1. The van der Waals surface area contributed by atoms with E-state index >= 15 is 0 Å². The number of ether oxygens (including phenoxy) is 2. The third-order valence-electron chi connectivity index (χ3n) is 2.40. The highest BCUT2D eigenvalue weighted by Gasteiger charge is 2.28. The van der Waals surface area contributed by atoms with Crippen LogP contribution in [0.3, 0.4) is 0 Å². The third kappa shape index (κ3) is 3.96. The lowest BCUT2D eigenvalue weighted by Crippen LogP contribution is -2.39. The van der Waals surface area contributed by atoms with Gasteiger partial charge in [-0.2, -0.15) is 0 Å². The van der Waals surface area contributed by atoms with Crippen LogP contribution < -0.4 is 4.72 Å². The average molecular weight is 308 g/mol. The van der Waals surface area contributed by atoms with Gasteiger partial charge in [0.05, 0.1) is 18.2 Å². The zero-order valence-corrected chi connectivity index (χ0v) is 12.7. The van der Waals surface area contributed by atoms with Crippen LogP contribution in [0.4, 0.5) is 0 Å². The summed E-state index contributed by atoms with van der Waals surface area (Å²) in [6.07, 6.45) is 0. The fourth-order valence-electron chi connectivity index (χ4n) is 1.07. The number of sulfonamides is 1. The van der Waals surface area contributed by atoms with Gasteiger partial charge in [0.2, 0.25) is 0 Å². The standard InChI is InChI=1S/C10H16N2O5S2/c1-10(2,17-4)5-12-19(14,15)9-7(8(13)16-3)11-6-18-9/h6,12H,5H2,1-4H3. The highest BCUT2D eigenvalue weighted by molar-refractivity contribution is 7.91. The number of nitrogens with zero attached hydrogens (tertiary/aromatic N) is 1. The molecule has 0 aliphatic heterocycles. The number of methoxy groups -OCH3 is 2. The Morgan fingerprint density at radius 3 is 2.63 bits per heavy atom. The molecule has 1 rings (SSSR count). The van der Waals surface area contributed by atoms with E-state index < -0.39 is 21.6 Å². The van der Waals surface area contributed by atoms with Gasteiger partial charge < -0.3 is 9.47 Å². The molecule has 0 spiro atoms. The minimum absolute atomic E-state index is 0.0738. The van der Waals surface area contributed by atoms with Gasteiger partial charge in [-0.25, -0.2) is 22.9 Å². The zero-order valence-electron chi connectivity index (χ0n) is 11.1. The number of nitrogens with one attached hydrogen (secondary N) is 1. The van der Waals surface area contributed by atoms with E-state index in [4.69, 9.17) is 4.74 Å². The van der Waals surface area contributed by atoms with Crippen molar-refractivity contribution in [3.05, 3.63) is 11.2 Å². The van der Waals surface area contributed by atoms with Gasteiger partial charge in [-0.05, 0) is 13.8 Å². The number of esters is 1. The molecular weight excluding hydrogens is 292 g/mol. The third-order valence-corrected chi connectivity index (χ3v) is 5.17. The fourth-order valence-corrected chi connectivity index (χ4v) is 3.44. The molecule has 0 saturated carbocycles. The molecule has 1 heterocycles. The van der Waals surface area contributed by atoms with Crippen LogP contribution in [0.25, 0.3) is 0 Å². The maximum atomic E-state index is 12.1. The SMILES string of the molecule is COC(=O)c1ncsc1S(=O)(=O)NCC(C)(C)OC. The van der Waals surface area contributed by atoms with Crippen molar-refractivity contribution in [2.75, 3.05) is 20.8 Å². The van der Waals surface area contributed by atoms with E-state index in [0.29, 0.717) is 0 Å². The molecule has 7 nitrogen and oxygen atoms in total. The lowest BCUT2D eigenvalue weighted by molar-refractivity contribution is 0.0276. The molecule has 0 aliphatic carbocycles. The van der Waals surface area contributed by atoms with E-state index in [-0.39, 0.29) is 16.4 Å². The molecule has 0 unspecified atom stereocenters. The van der Waals surface area contributed by atoms with E-state index in [2.05, 4.69) is 14.4 Å².